The topological polar surface area (TPSA) is 79.0 Å². The van der Waals surface area contributed by atoms with Crippen molar-refractivity contribution >= 4 is 23.6 Å². The average molecular weight is 345 g/mol. The Hall–Kier alpha value is -2.57. The molecule has 0 saturated carbocycles. The molecule has 1 aromatic carbocycles. The van der Waals surface area contributed by atoms with E-state index in [0.29, 0.717) is 38.2 Å². The molecule has 0 bridgehead atoms. The number of benzene rings is 1. The van der Waals surface area contributed by atoms with E-state index in [-0.39, 0.29) is 23.8 Å². The highest BCUT2D eigenvalue weighted by molar-refractivity contribution is 5.95. The lowest BCUT2D eigenvalue weighted by Crippen LogP contribution is -2.36. The molecule has 7 heteroatoms. The summed E-state index contributed by atoms with van der Waals surface area (Å²) in [5, 5.41) is 2.90. The van der Waals surface area contributed by atoms with Gasteiger partial charge in [0.15, 0.2) is 0 Å². The van der Waals surface area contributed by atoms with Crippen molar-refractivity contribution in [3.05, 3.63) is 29.8 Å². The van der Waals surface area contributed by atoms with Crippen LogP contribution in [0.25, 0.3) is 0 Å². The molecular formula is C18H23N3O4. The average Bonchev–Trinajstić information content (AvgIpc) is 3.21. The Labute approximate surface area is 146 Å². The molecule has 2 fully saturated rings. The number of anilines is 1. The van der Waals surface area contributed by atoms with Gasteiger partial charge in [-0.15, -0.1) is 0 Å². The molecule has 0 radical (unpaired) electrons. The van der Waals surface area contributed by atoms with Gasteiger partial charge < -0.3 is 15.0 Å². The van der Waals surface area contributed by atoms with Gasteiger partial charge in [-0.25, -0.2) is 4.79 Å². The summed E-state index contributed by atoms with van der Waals surface area (Å²) in [6, 6.07) is 6.89. The van der Waals surface area contributed by atoms with Crippen LogP contribution in [0.15, 0.2) is 24.3 Å². The predicted molar refractivity (Wildman–Crippen MR) is 92.4 cm³/mol. The Balaban J connectivity index is 1.49. The number of ether oxygens (including phenoxy) is 1. The highest BCUT2D eigenvalue weighted by atomic mass is 16.6. The minimum atomic E-state index is -0.359. The number of hydrogen-bond acceptors (Lipinski definition) is 4. The summed E-state index contributed by atoms with van der Waals surface area (Å²) in [5.41, 5.74) is 1.26. The van der Waals surface area contributed by atoms with Crippen LogP contribution in [0.2, 0.25) is 0 Å². The molecule has 1 atom stereocenters. The lowest BCUT2D eigenvalue weighted by molar-refractivity contribution is -0.128. The van der Waals surface area contributed by atoms with Crippen LogP contribution in [-0.2, 0) is 9.53 Å². The van der Waals surface area contributed by atoms with Crippen molar-refractivity contribution in [3.63, 3.8) is 0 Å². The van der Waals surface area contributed by atoms with Crippen LogP contribution in [0.4, 0.5) is 10.5 Å². The highest BCUT2D eigenvalue weighted by Crippen LogP contribution is 2.19. The molecule has 0 aromatic heterocycles. The zero-order valence-electron chi connectivity index (χ0n) is 14.4. The van der Waals surface area contributed by atoms with E-state index in [1.54, 1.807) is 24.3 Å². The molecule has 2 heterocycles. The fourth-order valence-electron chi connectivity index (χ4n) is 3.13. The molecule has 7 nitrogen and oxygen atoms in total. The molecule has 2 aliphatic rings. The first-order valence-corrected chi connectivity index (χ1v) is 8.65. The summed E-state index contributed by atoms with van der Waals surface area (Å²) in [6.07, 6.45) is 1.20. The second-order valence-electron chi connectivity index (χ2n) is 6.57. The van der Waals surface area contributed by atoms with E-state index in [4.69, 9.17) is 4.74 Å². The molecule has 1 unspecified atom stereocenters. The Morgan fingerprint density at radius 2 is 2.00 bits per heavy atom. The van der Waals surface area contributed by atoms with Crippen LogP contribution in [0.3, 0.4) is 0 Å². The van der Waals surface area contributed by atoms with E-state index in [1.165, 1.54) is 4.90 Å². The monoisotopic (exact) mass is 345 g/mol. The summed E-state index contributed by atoms with van der Waals surface area (Å²) < 4.78 is 4.90. The number of amides is 3. The lowest BCUT2D eigenvalue weighted by Gasteiger charge is -2.21. The minimum absolute atomic E-state index is 0.157. The van der Waals surface area contributed by atoms with E-state index in [0.717, 1.165) is 18.7 Å². The number of rotatable bonds is 6. The van der Waals surface area contributed by atoms with Gasteiger partial charge in [-0.1, -0.05) is 6.92 Å². The van der Waals surface area contributed by atoms with Crippen LogP contribution in [-0.4, -0.2) is 55.6 Å². The molecule has 0 aliphatic carbocycles. The van der Waals surface area contributed by atoms with Gasteiger partial charge in [0.2, 0.25) is 5.91 Å². The van der Waals surface area contributed by atoms with Gasteiger partial charge in [-0.05, 0) is 36.6 Å². The third kappa shape index (κ3) is 4.10. The number of carbonyl (C=O) groups excluding carboxylic acids is 3. The first-order valence-electron chi connectivity index (χ1n) is 8.65. The second kappa shape index (κ2) is 7.55. The second-order valence-corrected chi connectivity index (χ2v) is 6.57. The van der Waals surface area contributed by atoms with Gasteiger partial charge in [0, 0.05) is 37.3 Å². The quantitative estimate of drug-likeness (QED) is 0.850. The summed E-state index contributed by atoms with van der Waals surface area (Å²) in [7, 11) is 0. The number of hydrogen-bond donors (Lipinski definition) is 1. The van der Waals surface area contributed by atoms with Crippen molar-refractivity contribution in [1.82, 2.24) is 10.2 Å². The minimum Gasteiger partial charge on any atom is -0.447 e. The predicted octanol–water partition coefficient (Wildman–Crippen LogP) is 1.63. The molecule has 25 heavy (non-hydrogen) atoms. The van der Waals surface area contributed by atoms with Crippen LogP contribution < -0.4 is 10.2 Å². The van der Waals surface area contributed by atoms with Gasteiger partial charge in [-0.3, -0.25) is 14.5 Å². The number of carbonyl (C=O) groups is 3. The van der Waals surface area contributed by atoms with Gasteiger partial charge in [0.05, 0.1) is 6.54 Å². The van der Waals surface area contributed by atoms with Crippen LogP contribution in [0, 0.1) is 5.92 Å². The number of cyclic esters (lactones) is 1. The summed E-state index contributed by atoms with van der Waals surface area (Å²) in [4.78, 5) is 38.8. The third-order valence-corrected chi connectivity index (χ3v) is 4.52. The van der Waals surface area contributed by atoms with E-state index < -0.39 is 0 Å². The molecule has 1 N–H and O–H groups in total. The Bertz CT molecular complexity index is 659. The zero-order chi connectivity index (χ0) is 17.8. The Morgan fingerprint density at radius 1 is 1.24 bits per heavy atom. The maximum Gasteiger partial charge on any atom is 0.414 e. The zero-order valence-corrected chi connectivity index (χ0v) is 14.4. The normalized spacial score (nSPS) is 18.4. The summed E-state index contributed by atoms with van der Waals surface area (Å²) >= 11 is 0. The molecule has 1 aromatic rings. The maximum absolute atomic E-state index is 12.3. The van der Waals surface area contributed by atoms with Crippen molar-refractivity contribution in [2.45, 2.75) is 19.8 Å². The number of nitrogens with zero attached hydrogens (tertiary/aromatic N) is 2. The molecule has 2 aliphatic heterocycles. The Morgan fingerprint density at radius 3 is 2.60 bits per heavy atom. The van der Waals surface area contributed by atoms with Crippen LogP contribution in [0.1, 0.15) is 30.1 Å². The van der Waals surface area contributed by atoms with Crippen molar-refractivity contribution in [3.8, 4) is 0 Å². The van der Waals surface area contributed by atoms with E-state index >= 15 is 0 Å². The molecule has 2 saturated heterocycles. The van der Waals surface area contributed by atoms with E-state index in [1.807, 2.05) is 11.8 Å². The third-order valence-electron chi connectivity index (χ3n) is 4.52. The van der Waals surface area contributed by atoms with Crippen molar-refractivity contribution in [1.29, 1.82) is 0 Å². The SMILES string of the molecule is CC(CNC(=O)c1ccc(N2CCOC2=O)cc1)CN1CCCC1=O. The fraction of sp³-hybridized carbons (Fsp3) is 0.500. The van der Waals surface area contributed by atoms with Crippen molar-refractivity contribution in [2.75, 3.05) is 37.7 Å². The van der Waals surface area contributed by atoms with E-state index in [9.17, 15) is 14.4 Å². The largest absolute Gasteiger partial charge is 0.447 e. The van der Waals surface area contributed by atoms with E-state index in [2.05, 4.69) is 5.32 Å². The van der Waals surface area contributed by atoms with Gasteiger partial charge in [0.1, 0.15) is 6.61 Å². The van der Waals surface area contributed by atoms with Crippen LogP contribution >= 0.6 is 0 Å². The summed E-state index contributed by atoms with van der Waals surface area (Å²) in [6.45, 7) is 4.94. The fourth-order valence-corrected chi connectivity index (χ4v) is 3.13. The van der Waals surface area contributed by atoms with Gasteiger partial charge in [0.25, 0.3) is 5.91 Å². The maximum atomic E-state index is 12.3. The summed E-state index contributed by atoms with van der Waals surface area (Å²) in [5.74, 6) is 0.244. The van der Waals surface area contributed by atoms with Gasteiger partial charge in [-0.2, -0.15) is 0 Å². The lowest BCUT2D eigenvalue weighted by atomic mass is 10.1. The smallest absolute Gasteiger partial charge is 0.414 e. The number of likely N-dealkylation sites (tertiary alicyclic amines) is 1. The molecule has 3 rings (SSSR count). The molecule has 0 spiro atoms. The van der Waals surface area contributed by atoms with Gasteiger partial charge >= 0.3 is 6.09 Å². The first-order chi connectivity index (χ1) is 12.0. The molecule has 134 valence electrons. The highest BCUT2D eigenvalue weighted by Gasteiger charge is 2.24. The van der Waals surface area contributed by atoms with Crippen molar-refractivity contribution in [2.24, 2.45) is 5.92 Å². The standard InChI is InChI=1S/C18H23N3O4/c1-13(12-20-8-2-3-16(20)22)11-19-17(23)14-4-6-15(7-5-14)21-9-10-25-18(21)24/h4-7,13H,2-3,8-12H2,1H3,(H,19,23). The first kappa shape index (κ1) is 17.3. The van der Waals surface area contributed by atoms with Crippen molar-refractivity contribution < 1.29 is 19.1 Å². The Kier molecular flexibility index (Phi) is 5.21. The molecule has 3 amide bonds. The number of nitrogens with one attached hydrogen (secondary N) is 1. The molecular weight excluding hydrogens is 322 g/mol. The van der Waals surface area contributed by atoms with Crippen LogP contribution in [0.5, 0.6) is 0 Å².